The third kappa shape index (κ3) is 2.19. The highest BCUT2D eigenvalue weighted by Gasteiger charge is 2.23. The van der Waals surface area contributed by atoms with Gasteiger partial charge in [0.15, 0.2) is 0 Å². The second kappa shape index (κ2) is 5.15. The Morgan fingerprint density at radius 2 is 1.82 bits per heavy atom. The van der Waals surface area contributed by atoms with Gasteiger partial charge in [-0.2, -0.15) is 5.10 Å². The molecule has 1 atom stereocenters. The van der Waals surface area contributed by atoms with Crippen LogP contribution in [0.3, 0.4) is 0 Å². The lowest BCUT2D eigenvalue weighted by atomic mass is 9.99. The van der Waals surface area contributed by atoms with Crippen LogP contribution in [-0.4, -0.2) is 5.71 Å². The SMILES string of the molecule is O=c1oc2ccccc2cc1C1=NN[C@H](c2ccccc2)C1. The number of nitrogens with zero attached hydrogens (tertiary/aromatic N) is 1. The minimum Gasteiger partial charge on any atom is -0.422 e. The van der Waals surface area contributed by atoms with Gasteiger partial charge in [-0.3, -0.25) is 0 Å². The average molecular weight is 290 g/mol. The second-order valence-corrected chi connectivity index (χ2v) is 5.34. The molecule has 4 rings (SSSR count). The van der Waals surface area contributed by atoms with Crippen LogP contribution >= 0.6 is 0 Å². The van der Waals surface area contributed by atoms with Gasteiger partial charge in [0.2, 0.25) is 0 Å². The Balaban J connectivity index is 1.69. The van der Waals surface area contributed by atoms with Crippen LogP contribution in [0.1, 0.15) is 23.6 Å². The van der Waals surface area contributed by atoms with E-state index in [2.05, 4.69) is 22.7 Å². The number of hydrogen-bond donors (Lipinski definition) is 1. The first kappa shape index (κ1) is 12.8. The zero-order valence-corrected chi connectivity index (χ0v) is 11.8. The highest BCUT2D eigenvalue weighted by Crippen LogP contribution is 2.24. The molecule has 1 aromatic heterocycles. The molecule has 0 bridgehead atoms. The highest BCUT2D eigenvalue weighted by atomic mass is 16.4. The first-order valence-electron chi connectivity index (χ1n) is 7.21. The molecule has 1 N–H and O–H groups in total. The van der Waals surface area contributed by atoms with Crippen molar-refractivity contribution in [3.8, 4) is 0 Å². The van der Waals surface area contributed by atoms with Crippen molar-refractivity contribution in [3.63, 3.8) is 0 Å². The third-order valence-corrected chi connectivity index (χ3v) is 3.91. The smallest absolute Gasteiger partial charge is 0.345 e. The lowest BCUT2D eigenvalue weighted by molar-refractivity contribution is 0.559. The fourth-order valence-corrected chi connectivity index (χ4v) is 2.75. The molecule has 0 amide bonds. The lowest BCUT2D eigenvalue weighted by Gasteiger charge is -2.09. The normalized spacial score (nSPS) is 17.3. The summed E-state index contributed by atoms with van der Waals surface area (Å²) >= 11 is 0. The van der Waals surface area contributed by atoms with Crippen molar-refractivity contribution in [2.24, 2.45) is 5.10 Å². The zero-order chi connectivity index (χ0) is 14.9. The number of fused-ring (bicyclic) bond motifs is 1. The van der Waals surface area contributed by atoms with Gasteiger partial charge < -0.3 is 9.84 Å². The molecule has 2 aromatic carbocycles. The maximum Gasteiger partial charge on any atom is 0.345 e. The fraction of sp³-hybridized carbons (Fsp3) is 0.111. The first-order valence-corrected chi connectivity index (χ1v) is 7.21. The van der Waals surface area contributed by atoms with Crippen LogP contribution in [0.4, 0.5) is 0 Å². The van der Waals surface area contributed by atoms with Crippen LogP contribution in [0.25, 0.3) is 11.0 Å². The Hall–Kier alpha value is -2.88. The summed E-state index contributed by atoms with van der Waals surface area (Å²) in [5.74, 6) is 0. The minimum absolute atomic E-state index is 0.0991. The Morgan fingerprint density at radius 3 is 2.68 bits per heavy atom. The molecule has 0 unspecified atom stereocenters. The topological polar surface area (TPSA) is 54.6 Å². The van der Waals surface area contributed by atoms with Gasteiger partial charge in [0.05, 0.1) is 17.3 Å². The summed E-state index contributed by atoms with van der Waals surface area (Å²) in [5.41, 5.74) is 5.80. The predicted octanol–water partition coefficient (Wildman–Crippen LogP) is 3.23. The van der Waals surface area contributed by atoms with E-state index in [1.54, 1.807) is 6.07 Å². The standard InChI is InChI=1S/C18H14N2O2/c21-18-14(10-13-8-4-5-9-17(13)22-18)16-11-15(19-20-16)12-6-2-1-3-7-12/h1-10,15,19H,11H2/t15-/m0/s1. The van der Waals surface area contributed by atoms with Crippen LogP contribution in [-0.2, 0) is 0 Å². The minimum atomic E-state index is -0.340. The summed E-state index contributed by atoms with van der Waals surface area (Å²) in [5, 5.41) is 5.24. The molecule has 0 fully saturated rings. The lowest BCUT2D eigenvalue weighted by Crippen LogP contribution is -2.14. The molecule has 0 saturated heterocycles. The van der Waals surface area contributed by atoms with Crippen LogP contribution in [0.15, 0.2) is 75.0 Å². The summed E-state index contributed by atoms with van der Waals surface area (Å²) in [6, 6.07) is 19.5. The first-order chi connectivity index (χ1) is 10.8. The van der Waals surface area contributed by atoms with Crippen LogP contribution in [0.2, 0.25) is 0 Å². The summed E-state index contributed by atoms with van der Waals surface area (Å²) in [7, 11) is 0. The maximum absolute atomic E-state index is 12.2. The molecule has 1 aliphatic rings. The van der Waals surface area contributed by atoms with E-state index < -0.39 is 0 Å². The van der Waals surface area contributed by atoms with Gasteiger partial charge in [0.25, 0.3) is 0 Å². The van der Waals surface area contributed by atoms with Gasteiger partial charge in [-0.1, -0.05) is 48.5 Å². The summed E-state index contributed by atoms with van der Waals surface area (Å²) < 4.78 is 5.38. The van der Waals surface area contributed by atoms with Crippen LogP contribution in [0, 0.1) is 0 Å². The summed E-state index contributed by atoms with van der Waals surface area (Å²) in [6.07, 6.45) is 0.674. The molecule has 22 heavy (non-hydrogen) atoms. The van der Waals surface area contributed by atoms with Crippen LogP contribution in [0.5, 0.6) is 0 Å². The van der Waals surface area contributed by atoms with Crippen molar-refractivity contribution in [2.45, 2.75) is 12.5 Å². The van der Waals surface area contributed by atoms with Gasteiger partial charge in [-0.25, -0.2) is 4.79 Å². The fourth-order valence-electron chi connectivity index (χ4n) is 2.75. The average Bonchev–Trinajstić information content (AvgIpc) is 3.05. The number of benzene rings is 2. The molecule has 108 valence electrons. The largest absolute Gasteiger partial charge is 0.422 e. The van der Waals surface area contributed by atoms with E-state index in [1.165, 1.54) is 0 Å². The molecule has 4 heteroatoms. The predicted molar refractivity (Wildman–Crippen MR) is 86.0 cm³/mol. The third-order valence-electron chi connectivity index (χ3n) is 3.91. The van der Waals surface area contributed by atoms with Gasteiger partial charge in [-0.15, -0.1) is 0 Å². The molecular formula is C18H14N2O2. The van der Waals surface area contributed by atoms with Crippen molar-refractivity contribution in [2.75, 3.05) is 0 Å². The summed E-state index contributed by atoms with van der Waals surface area (Å²) in [6.45, 7) is 0. The summed E-state index contributed by atoms with van der Waals surface area (Å²) in [4.78, 5) is 12.2. The maximum atomic E-state index is 12.2. The van der Waals surface area contributed by atoms with E-state index in [1.807, 2.05) is 42.5 Å². The number of nitrogens with one attached hydrogen (secondary N) is 1. The second-order valence-electron chi connectivity index (χ2n) is 5.34. The van der Waals surface area contributed by atoms with E-state index in [4.69, 9.17) is 4.42 Å². The molecule has 0 aliphatic carbocycles. The highest BCUT2D eigenvalue weighted by molar-refractivity contribution is 6.03. The Bertz CT molecular complexity index is 913. The van der Waals surface area contributed by atoms with Crippen molar-refractivity contribution in [1.82, 2.24) is 5.43 Å². The van der Waals surface area contributed by atoms with E-state index in [0.717, 1.165) is 16.7 Å². The number of hydrogen-bond acceptors (Lipinski definition) is 4. The van der Waals surface area contributed by atoms with Gasteiger partial charge in [0, 0.05) is 11.8 Å². The molecule has 0 saturated carbocycles. The van der Waals surface area contributed by atoms with E-state index in [-0.39, 0.29) is 11.7 Å². The Kier molecular flexibility index (Phi) is 3.00. The van der Waals surface area contributed by atoms with Gasteiger partial charge >= 0.3 is 5.63 Å². The molecule has 0 spiro atoms. The van der Waals surface area contributed by atoms with Gasteiger partial charge in [-0.05, 0) is 17.7 Å². The molecule has 1 aliphatic heterocycles. The zero-order valence-electron chi connectivity index (χ0n) is 11.8. The monoisotopic (exact) mass is 290 g/mol. The van der Waals surface area contributed by atoms with E-state index in [9.17, 15) is 4.79 Å². The van der Waals surface area contributed by atoms with E-state index >= 15 is 0 Å². The Morgan fingerprint density at radius 1 is 1.05 bits per heavy atom. The van der Waals surface area contributed by atoms with Crippen molar-refractivity contribution in [3.05, 3.63) is 82.2 Å². The molecule has 3 aromatic rings. The van der Waals surface area contributed by atoms with Crippen molar-refractivity contribution in [1.29, 1.82) is 0 Å². The molecule has 0 radical (unpaired) electrons. The number of hydrazone groups is 1. The Labute approximate surface area is 127 Å². The molecular weight excluding hydrogens is 276 g/mol. The molecule has 4 nitrogen and oxygen atoms in total. The quantitative estimate of drug-likeness (QED) is 0.737. The van der Waals surface area contributed by atoms with Crippen molar-refractivity contribution < 1.29 is 4.42 Å². The van der Waals surface area contributed by atoms with Crippen LogP contribution < -0.4 is 11.1 Å². The van der Waals surface area contributed by atoms with Gasteiger partial charge in [0.1, 0.15) is 5.58 Å². The number of para-hydroxylation sites is 1. The number of rotatable bonds is 2. The molecule has 2 heterocycles. The van der Waals surface area contributed by atoms with Crippen molar-refractivity contribution >= 4 is 16.7 Å². The van der Waals surface area contributed by atoms with E-state index in [0.29, 0.717) is 17.6 Å².